The van der Waals surface area contributed by atoms with Crippen LogP contribution in [0.3, 0.4) is 0 Å². The Labute approximate surface area is 126 Å². The smallest absolute Gasteiger partial charge is 0.240 e. The van der Waals surface area contributed by atoms with Crippen molar-refractivity contribution in [2.45, 2.75) is 37.7 Å². The topological polar surface area (TPSA) is 66.4 Å². The third-order valence-electron chi connectivity index (χ3n) is 3.17. The number of unbranched alkanes of at least 4 members (excludes halogenated alkanes) is 2. The van der Waals surface area contributed by atoms with Crippen molar-refractivity contribution >= 4 is 21.8 Å². The van der Waals surface area contributed by atoms with Gasteiger partial charge in [-0.05, 0) is 49.0 Å². The van der Waals surface area contributed by atoms with Gasteiger partial charge in [0, 0.05) is 6.54 Å². The average molecular weight is 317 g/mol. The minimum absolute atomic E-state index is 0.149. The number of benzene rings is 1. The second-order valence-electron chi connectivity index (χ2n) is 4.65. The maximum absolute atomic E-state index is 12.2. The van der Waals surface area contributed by atoms with Crippen LogP contribution in [0.25, 0.3) is 0 Å². The Morgan fingerprint density at radius 1 is 1.25 bits per heavy atom. The van der Waals surface area contributed by atoms with Crippen molar-refractivity contribution in [3.63, 3.8) is 0 Å². The molecule has 0 bridgehead atoms. The van der Waals surface area contributed by atoms with Crippen LogP contribution in [0.4, 0.5) is 0 Å². The van der Waals surface area contributed by atoms with E-state index in [1.807, 2.05) is 0 Å². The summed E-state index contributed by atoms with van der Waals surface area (Å²) in [5, 5.41) is 9.19. The highest BCUT2D eigenvalue weighted by molar-refractivity contribution is 7.98. The monoisotopic (exact) mass is 317 g/mol. The predicted molar refractivity (Wildman–Crippen MR) is 84.5 cm³/mol. The van der Waals surface area contributed by atoms with E-state index in [-0.39, 0.29) is 11.5 Å². The second kappa shape index (κ2) is 8.67. The quantitative estimate of drug-likeness (QED) is 0.686. The van der Waals surface area contributed by atoms with Crippen molar-refractivity contribution in [1.29, 1.82) is 0 Å². The number of nitrogens with one attached hydrogen (secondary N) is 1. The number of aliphatic hydroxyl groups is 1. The van der Waals surface area contributed by atoms with Crippen LogP contribution in [-0.4, -0.2) is 32.1 Å². The van der Waals surface area contributed by atoms with E-state index in [1.54, 1.807) is 36.9 Å². The van der Waals surface area contributed by atoms with Crippen molar-refractivity contribution in [3.05, 3.63) is 29.3 Å². The van der Waals surface area contributed by atoms with Crippen molar-refractivity contribution < 1.29 is 13.5 Å². The van der Waals surface area contributed by atoms with Gasteiger partial charge in [0.05, 0.1) is 11.5 Å². The van der Waals surface area contributed by atoms with E-state index in [4.69, 9.17) is 0 Å². The molecule has 114 valence electrons. The molecule has 2 N–H and O–H groups in total. The van der Waals surface area contributed by atoms with E-state index in [9.17, 15) is 13.5 Å². The molecule has 6 heteroatoms. The van der Waals surface area contributed by atoms with Crippen LogP contribution in [0.5, 0.6) is 0 Å². The maximum atomic E-state index is 12.2. The van der Waals surface area contributed by atoms with Crippen LogP contribution < -0.4 is 4.72 Å². The van der Waals surface area contributed by atoms with Crippen molar-refractivity contribution in [1.82, 2.24) is 4.72 Å². The van der Waals surface area contributed by atoms with Gasteiger partial charge < -0.3 is 5.11 Å². The molecule has 1 aromatic rings. The third kappa shape index (κ3) is 5.09. The number of hydrogen-bond donors (Lipinski definition) is 2. The van der Waals surface area contributed by atoms with E-state index in [1.165, 1.54) is 0 Å². The number of thioether (sulfide) groups is 1. The molecular weight excluding hydrogens is 294 g/mol. The summed E-state index contributed by atoms with van der Waals surface area (Å²) in [6.45, 7) is 2.03. The van der Waals surface area contributed by atoms with Gasteiger partial charge in [0.15, 0.2) is 0 Å². The first-order chi connectivity index (χ1) is 9.53. The number of rotatable bonds is 9. The molecule has 0 aromatic heterocycles. The molecule has 0 saturated heterocycles. The van der Waals surface area contributed by atoms with Crippen LogP contribution in [-0.2, 0) is 16.6 Å². The van der Waals surface area contributed by atoms with Gasteiger partial charge in [0.25, 0.3) is 0 Å². The molecule has 0 fully saturated rings. The standard InChI is InChI=1S/C14H23NO3S2/c1-12-13(11-16)7-6-8-14(12)20(17,18)15-9-4-3-5-10-19-2/h6-8,15-16H,3-5,9-11H2,1-2H3. The zero-order chi connectivity index (χ0) is 15.0. The molecule has 1 aromatic carbocycles. The van der Waals surface area contributed by atoms with E-state index in [0.29, 0.717) is 17.7 Å². The van der Waals surface area contributed by atoms with Gasteiger partial charge in [-0.2, -0.15) is 11.8 Å². The first-order valence-electron chi connectivity index (χ1n) is 6.71. The van der Waals surface area contributed by atoms with Crippen molar-refractivity contribution in [3.8, 4) is 0 Å². The van der Waals surface area contributed by atoms with Crippen LogP contribution in [0.2, 0.25) is 0 Å². The van der Waals surface area contributed by atoms with Gasteiger partial charge in [0.2, 0.25) is 10.0 Å². The summed E-state index contributed by atoms with van der Waals surface area (Å²) in [6, 6.07) is 4.97. The number of hydrogen-bond acceptors (Lipinski definition) is 4. The maximum Gasteiger partial charge on any atom is 0.240 e. The van der Waals surface area contributed by atoms with Crippen LogP contribution in [0.1, 0.15) is 30.4 Å². The van der Waals surface area contributed by atoms with Gasteiger partial charge in [-0.1, -0.05) is 18.6 Å². The zero-order valence-corrected chi connectivity index (χ0v) is 13.7. The Kier molecular flexibility index (Phi) is 7.58. The van der Waals surface area contributed by atoms with Crippen molar-refractivity contribution in [2.24, 2.45) is 0 Å². The number of aliphatic hydroxyl groups excluding tert-OH is 1. The molecule has 0 amide bonds. The minimum Gasteiger partial charge on any atom is -0.392 e. The summed E-state index contributed by atoms with van der Waals surface area (Å²) < 4.78 is 27.1. The Balaban J connectivity index is 2.61. The zero-order valence-electron chi connectivity index (χ0n) is 12.1. The van der Waals surface area contributed by atoms with Gasteiger partial charge in [-0.3, -0.25) is 0 Å². The molecule has 0 unspecified atom stereocenters. The lowest BCUT2D eigenvalue weighted by molar-refractivity contribution is 0.280. The Hall–Kier alpha value is -0.560. The minimum atomic E-state index is -3.48. The summed E-state index contributed by atoms with van der Waals surface area (Å²) >= 11 is 1.81. The van der Waals surface area contributed by atoms with Crippen molar-refractivity contribution in [2.75, 3.05) is 18.6 Å². The Bertz CT molecular complexity index is 515. The molecule has 0 spiro atoms. The largest absolute Gasteiger partial charge is 0.392 e. The van der Waals surface area contributed by atoms with E-state index < -0.39 is 10.0 Å². The summed E-state index contributed by atoms with van der Waals surface area (Å²) in [5.41, 5.74) is 1.26. The van der Waals surface area contributed by atoms with Crippen LogP contribution in [0, 0.1) is 6.92 Å². The predicted octanol–water partition coefficient (Wildman–Crippen LogP) is 2.30. The molecular formula is C14H23NO3S2. The highest BCUT2D eigenvalue weighted by atomic mass is 32.2. The fourth-order valence-corrected chi connectivity index (χ4v) is 3.81. The SMILES string of the molecule is CSCCCCCNS(=O)(=O)c1cccc(CO)c1C. The van der Waals surface area contributed by atoms with Gasteiger partial charge >= 0.3 is 0 Å². The van der Waals surface area contributed by atoms with E-state index in [2.05, 4.69) is 11.0 Å². The molecule has 0 aliphatic heterocycles. The molecule has 0 heterocycles. The third-order valence-corrected chi connectivity index (χ3v) is 5.48. The molecule has 1 rings (SSSR count). The Morgan fingerprint density at radius 2 is 2.00 bits per heavy atom. The molecule has 20 heavy (non-hydrogen) atoms. The van der Waals surface area contributed by atoms with Gasteiger partial charge in [-0.15, -0.1) is 0 Å². The van der Waals surface area contributed by atoms with E-state index >= 15 is 0 Å². The fourth-order valence-electron chi connectivity index (χ4n) is 1.95. The normalized spacial score (nSPS) is 11.8. The summed E-state index contributed by atoms with van der Waals surface area (Å²) in [6.07, 6.45) is 5.05. The molecule has 0 aliphatic carbocycles. The number of sulfonamides is 1. The van der Waals surface area contributed by atoms with Crippen LogP contribution >= 0.6 is 11.8 Å². The van der Waals surface area contributed by atoms with E-state index in [0.717, 1.165) is 25.0 Å². The molecule has 0 radical (unpaired) electrons. The Morgan fingerprint density at radius 3 is 2.65 bits per heavy atom. The lowest BCUT2D eigenvalue weighted by atomic mass is 10.1. The summed E-state index contributed by atoms with van der Waals surface area (Å²) in [7, 11) is -3.48. The highest BCUT2D eigenvalue weighted by Crippen LogP contribution is 2.18. The first-order valence-corrected chi connectivity index (χ1v) is 9.58. The fraction of sp³-hybridized carbons (Fsp3) is 0.571. The first kappa shape index (κ1) is 17.5. The molecule has 0 aliphatic rings. The lowest BCUT2D eigenvalue weighted by Gasteiger charge is -2.11. The molecule has 0 atom stereocenters. The highest BCUT2D eigenvalue weighted by Gasteiger charge is 2.17. The van der Waals surface area contributed by atoms with Crippen LogP contribution in [0.15, 0.2) is 23.1 Å². The van der Waals surface area contributed by atoms with Gasteiger partial charge in [-0.25, -0.2) is 13.1 Å². The summed E-state index contributed by atoms with van der Waals surface area (Å²) in [5.74, 6) is 1.12. The summed E-state index contributed by atoms with van der Waals surface area (Å²) in [4.78, 5) is 0.258. The average Bonchev–Trinajstić information content (AvgIpc) is 2.42. The lowest BCUT2D eigenvalue weighted by Crippen LogP contribution is -2.25. The second-order valence-corrected chi connectivity index (χ2v) is 7.37. The van der Waals surface area contributed by atoms with Gasteiger partial charge in [0.1, 0.15) is 0 Å². The molecule has 4 nitrogen and oxygen atoms in total. The molecule has 0 saturated carbocycles.